The molecule has 1 heterocycles. The number of carbonyl (C=O) groups is 3. The Balaban J connectivity index is 1.83. The summed E-state index contributed by atoms with van der Waals surface area (Å²) in [6.07, 6.45) is 0. The number of benzene rings is 2. The van der Waals surface area contributed by atoms with E-state index in [1.807, 2.05) is 13.0 Å². The van der Waals surface area contributed by atoms with Crippen LogP contribution in [0.3, 0.4) is 0 Å². The Morgan fingerprint density at radius 2 is 1.85 bits per heavy atom. The average Bonchev–Trinajstić information content (AvgIpc) is 2.87. The topological polar surface area (TPSA) is 87.7 Å². The van der Waals surface area contributed by atoms with Gasteiger partial charge in [-0.05, 0) is 37.1 Å². The lowest BCUT2D eigenvalue weighted by Gasteiger charge is -2.22. The summed E-state index contributed by atoms with van der Waals surface area (Å²) >= 11 is 0. The molecule has 0 radical (unpaired) electrons. The Morgan fingerprint density at radius 3 is 2.50 bits per heavy atom. The van der Waals surface area contributed by atoms with E-state index in [1.54, 1.807) is 49.4 Å². The molecule has 1 aliphatic heterocycles. The van der Waals surface area contributed by atoms with Gasteiger partial charge in [0.25, 0.3) is 11.8 Å². The molecule has 2 aromatic carbocycles. The number of aryl methyl sites for hydroxylation is 1. The average molecular weight is 353 g/mol. The second kappa shape index (κ2) is 6.51. The first-order chi connectivity index (χ1) is 12.4. The van der Waals surface area contributed by atoms with Gasteiger partial charge in [0.05, 0.1) is 7.11 Å². The predicted molar refractivity (Wildman–Crippen MR) is 94.4 cm³/mol. The molecule has 0 spiro atoms. The van der Waals surface area contributed by atoms with Crippen LogP contribution in [0.4, 0.5) is 4.79 Å². The first-order valence-corrected chi connectivity index (χ1v) is 8.04. The summed E-state index contributed by atoms with van der Waals surface area (Å²) in [5.74, 6) is -0.589. The molecule has 0 aromatic heterocycles. The molecule has 0 saturated carbocycles. The smallest absolute Gasteiger partial charge is 0.344 e. The molecule has 4 amide bonds. The second-order valence-corrected chi connectivity index (χ2v) is 6.19. The summed E-state index contributed by atoms with van der Waals surface area (Å²) < 4.78 is 5.20. The molecule has 0 aliphatic carbocycles. The van der Waals surface area contributed by atoms with Gasteiger partial charge in [-0.1, -0.05) is 36.4 Å². The maximum absolute atomic E-state index is 12.8. The van der Waals surface area contributed by atoms with Gasteiger partial charge >= 0.3 is 6.03 Å². The van der Waals surface area contributed by atoms with Gasteiger partial charge in [-0.2, -0.15) is 5.01 Å². The van der Waals surface area contributed by atoms with Crippen molar-refractivity contribution in [3.8, 4) is 5.75 Å². The van der Waals surface area contributed by atoms with E-state index in [2.05, 4.69) is 10.7 Å². The largest absolute Gasteiger partial charge is 0.496 e. The highest BCUT2D eigenvalue weighted by Crippen LogP contribution is 2.28. The molecular weight excluding hydrogens is 334 g/mol. The predicted octanol–water partition coefficient (Wildman–Crippen LogP) is 2.12. The van der Waals surface area contributed by atoms with Crippen molar-refractivity contribution in [2.45, 2.75) is 19.4 Å². The van der Waals surface area contributed by atoms with Gasteiger partial charge in [0.15, 0.2) is 0 Å². The Kier molecular flexibility index (Phi) is 4.38. The second-order valence-electron chi connectivity index (χ2n) is 6.19. The number of ether oxygens (including phenoxy) is 1. The standard InChI is InChI=1S/C19H19N3O4/c1-12-9-10-13(11-15(12)26-3)16(23)21-22-17(24)19(2,20-18(22)25)14-7-5-4-6-8-14/h4-11H,1-3H3,(H,20,25)(H,21,23)/t19-/m0/s1. The van der Waals surface area contributed by atoms with E-state index < -0.39 is 23.4 Å². The number of carbonyl (C=O) groups excluding carboxylic acids is 3. The van der Waals surface area contributed by atoms with Crippen LogP contribution in [-0.4, -0.2) is 30.0 Å². The van der Waals surface area contributed by atoms with Crippen LogP contribution < -0.4 is 15.5 Å². The summed E-state index contributed by atoms with van der Waals surface area (Å²) in [6, 6.07) is 13.1. The molecule has 1 atom stereocenters. The number of nitrogens with one attached hydrogen (secondary N) is 2. The van der Waals surface area contributed by atoms with Crippen molar-refractivity contribution in [2.24, 2.45) is 0 Å². The van der Waals surface area contributed by atoms with Crippen molar-refractivity contribution in [3.63, 3.8) is 0 Å². The highest BCUT2D eigenvalue weighted by atomic mass is 16.5. The maximum atomic E-state index is 12.8. The number of hydrogen-bond acceptors (Lipinski definition) is 4. The first kappa shape index (κ1) is 17.5. The van der Waals surface area contributed by atoms with Gasteiger partial charge in [-0.15, -0.1) is 0 Å². The molecule has 2 aromatic rings. The number of methoxy groups -OCH3 is 1. The van der Waals surface area contributed by atoms with E-state index in [4.69, 9.17) is 4.74 Å². The van der Waals surface area contributed by atoms with E-state index in [1.165, 1.54) is 7.11 Å². The number of amides is 4. The minimum Gasteiger partial charge on any atom is -0.496 e. The van der Waals surface area contributed by atoms with Crippen LogP contribution in [0.1, 0.15) is 28.4 Å². The maximum Gasteiger partial charge on any atom is 0.344 e. The number of imide groups is 1. The Hall–Kier alpha value is -3.35. The molecule has 0 bridgehead atoms. The SMILES string of the molecule is COc1cc(C(=O)NN2C(=O)N[C@@](C)(c3ccccc3)C2=O)ccc1C. The zero-order chi connectivity index (χ0) is 18.9. The number of urea groups is 1. The van der Waals surface area contributed by atoms with Gasteiger partial charge in [0, 0.05) is 5.56 Å². The summed E-state index contributed by atoms with van der Waals surface area (Å²) in [5.41, 5.74) is 2.91. The van der Waals surface area contributed by atoms with Crippen molar-refractivity contribution in [3.05, 3.63) is 65.2 Å². The number of nitrogens with zero attached hydrogens (tertiary/aromatic N) is 1. The molecular formula is C19H19N3O4. The molecule has 1 fully saturated rings. The quantitative estimate of drug-likeness (QED) is 0.824. The minimum atomic E-state index is -1.24. The highest BCUT2D eigenvalue weighted by molar-refractivity contribution is 6.09. The van der Waals surface area contributed by atoms with Crippen molar-refractivity contribution in [2.75, 3.05) is 7.11 Å². The van der Waals surface area contributed by atoms with Gasteiger partial charge < -0.3 is 10.1 Å². The fourth-order valence-corrected chi connectivity index (χ4v) is 2.84. The van der Waals surface area contributed by atoms with Gasteiger partial charge in [0.2, 0.25) is 0 Å². The van der Waals surface area contributed by atoms with Gasteiger partial charge in [0.1, 0.15) is 11.3 Å². The fraction of sp³-hybridized carbons (Fsp3) is 0.211. The molecule has 134 valence electrons. The third-order valence-corrected chi connectivity index (χ3v) is 4.43. The van der Waals surface area contributed by atoms with E-state index in [-0.39, 0.29) is 5.56 Å². The van der Waals surface area contributed by atoms with Crippen LogP contribution in [0.25, 0.3) is 0 Å². The molecule has 0 unspecified atom stereocenters. The Labute approximate surface area is 150 Å². The number of rotatable bonds is 4. The van der Waals surface area contributed by atoms with Crippen LogP contribution in [0, 0.1) is 6.92 Å². The molecule has 3 rings (SSSR count). The fourth-order valence-electron chi connectivity index (χ4n) is 2.84. The zero-order valence-corrected chi connectivity index (χ0v) is 14.7. The van der Waals surface area contributed by atoms with E-state index in [0.717, 1.165) is 5.56 Å². The number of hydrogen-bond donors (Lipinski definition) is 2. The molecule has 1 saturated heterocycles. The van der Waals surface area contributed by atoms with Crippen LogP contribution >= 0.6 is 0 Å². The van der Waals surface area contributed by atoms with E-state index >= 15 is 0 Å². The monoisotopic (exact) mass is 353 g/mol. The third-order valence-electron chi connectivity index (χ3n) is 4.43. The van der Waals surface area contributed by atoms with E-state index in [0.29, 0.717) is 16.3 Å². The zero-order valence-electron chi connectivity index (χ0n) is 14.7. The first-order valence-electron chi connectivity index (χ1n) is 8.04. The van der Waals surface area contributed by atoms with Crippen molar-refractivity contribution in [1.29, 1.82) is 0 Å². The molecule has 1 aliphatic rings. The Morgan fingerprint density at radius 1 is 1.15 bits per heavy atom. The van der Waals surface area contributed by atoms with Crippen molar-refractivity contribution in [1.82, 2.24) is 15.8 Å². The molecule has 26 heavy (non-hydrogen) atoms. The normalized spacial score (nSPS) is 19.3. The highest BCUT2D eigenvalue weighted by Gasteiger charge is 2.50. The third kappa shape index (κ3) is 2.88. The lowest BCUT2D eigenvalue weighted by molar-refractivity contribution is -0.132. The molecule has 7 heteroatoms. The van der Waals surface area contributed by atoms with Gasteiger partial charge in [-0.25, -0.2) is 4.79 Å². The minimum absolute atomic E-state index is 0.279. The Bertz CT molecular complexity index is 882. The van der Waals surface area contributed by atoms with Gasteiger partial charge in [-0.3, -0.25) is 15.0 Å². The summed E-state index contributed by atoms with van der Waals surface area (Å²) in [6.45, 7) is 3.45. The summed E-state index contributed by atoms with van der Waals surface area (Å²) in [5, 5.41) is 3.34. The van der Waals surface area contributed by atoms with Crippen LogP contribution in [-0.2, 0) is 10.3 Å². The number of hydrazine groups is 1. The summed E-state index contributed by atoms with van der Waals surface area (Å²) in [7, 11) is 1.51. The lowest BCUT2D eigenvalue weighted by atomic mass is 9.92. The molecule has 2 N–H and O–H groups in total. The van der Waals surface area contributed by atoms with Crippen molar-refractivity contribution >= 4 is 17.8 Å². The molecule has 7 nitrogen and oxygen atoms in total. The van der Waals surface area contributed by atoms with Crippen molar-refractivity contribution < 1.29 is 19.1 Å². The van der Waals surface area contributed by atoms with Crippen LogP contribution in [0.5, 0.6) is 5.75 Å². The van der Waals surface area contributed by atoms with E-state index in [9.17, 15) is 14.4 Å². The summed E-state index contributed by atoms with van der Waals surface area (Å²) in [4.78, 5) is 37.5. The lowest BCUT2D eigenvalue weighted by Crippen LogP contribution is -2.47. The van der Waals surface area contributed by atoms with Crippen LogP contribution in [0.2, 0.25) is 0 Å². The van der Waals surface area contributed by atoms with Crippen LogP contribution in [0.15, 0.2) is 48.5 Å².